The zero-order chi connectivity index (χ0) is 32.0. The summed E-state index contributed by atoms with van der Waals surface area (Å²) in [6, 6.07) is 6.47. The summed E-state index contributed by atoms with van der Waals surface area (Å²) in [4.78, 5) is 70.9. The number of fused-ring (bicyclic) bond motifs is 1. The zero-order valence-electron chi connectivity index (χ0n) is 26.3. The minimum absolute atomic E-state index is 0.0150. The highest BCUT2D eigenvalue weighted by atomic mass is 16.2. The second-order valence-electron chi connectivity index (χ2n) is 12.2. The summed E-state index contributed by atoms with van der Waals surface area (Å²) < 4.78 is 1.76. The lowest BCUT2D eigenvalue weighted by Gasteiger charge is -2.31. The average Bonchev–Trinajstić information content (AvgIpc) is 3.62. The lowest BCUT2D eigenvalue weighted by Crippen LogP contribution is -2.58. The molecule has 0 unspecified atom stereocenters. The van der Waals surface area contributed by atoms with Gasteiger partial charge in [-0.1, -0.05) is 51.1 Å². The third-order valence-corrected chi connectivity index (χ3v) is 8.34. The molecule has 12 nitrogen and oxygen atoms in total. The highest BCUT2D eigenvalue weighted by Crippen LogP contribution is 2.20. The molecule has 0 bridgehead atoms. The molecule has 2 fully saturated rings. The molecule has 0 radical (unpaired) electrons. The van der Waals surface area contributed by atoms with E-state index in [-0.39, 0.29) is 24.9 Å². The van der Waals surface area contributed by atoms with Crippen LogP contribution in [-0.4, -0.2) is 92.9 Å². The van der Waals surface area contributed by atoms with Crippen molar-refractivity contribution in [3.8, 4) is 0 Å². The second kappa shape index (κ2) is 14.5. The molecule has 2 aliphatic rings. The Bertz CT molecular complexity index is 1360. The van der Waals surface area contributed by atoms with Crippen LogP contribution in [-0.2, 0) is 32.1 Å². The van der Waals surface area contributed by atoms with Gasteiger partial charge < -0.3 is 25.8 Å². The Kier molecular flexibility index (Phi) is 10.8. The molecule has 1 aromatic heterocycles. The molecule has 4 atom stereocenters. The van der Waals surface area contributed by atoms with Gasteiger partial charge in [-0.2, -0.15) is 5.10 Å². The molecule has 0 aliphatic carbocycles. The molecular formula is C32H45N7O5. The standard InChI is InChI=1S/C32H45N7O5/c1-6-14-39-22(5)25(17-33-39)32(44)37-18-24(16-23-11-8-7-9-12-23)35-30(42)28(20(2)3)36-29(41)26-13-10-15-38(26)31(43)21(4)34-27(40)19-37/h7-9,11-12,17,20-21,24,26,28H,6,10,13-16,18-19H2,1-5H3,(H,34,40)(H,35,42)(H,36,41)/t21-,24-,26+,28-/m0/s1. The number of nitrogens with zero attached hydrogens (tertiary/aromatic N) is 4. The Morgan fingerprint density at radius 2 is 1.77 bits per heavy atom. The van der Waals surface area contributed by atoms with Crippen LogP contribution in [0.3, 0.4) is 0 Å². The summed E-state index contributed by atoms with van der Waals surface area (Å²) in [6.45, 7) is 9.82. The van der Waals surface area contributed by atoms with Crippen molar-refractivity contribution < 1.29 is 24.0 Å². The highest BCUT2D eigenvalue weighted by molar-refractivity contribution is 5.98. The molecule has 3 heterocycles. The second-order valence-corrected chi connectivity index (χ2v) is 12.2. The third-order valence-electron chi connectivity index (χ3n) is 8.34. The summed E-state index contributed by atoms with van der Waals surface area (Å²) in [6.07, 6.45) is 3.83. The smallest absolute Gasteiger partial charge is 0.257 e. The van der Waals surface area contributed by atoms with Crippen molar-refractivity contribution >= 4 is 29.5 Å². The van der Waals surface area contributed by atoms with Crippen molar-refractivity contribution in [3.05, 3.63) is 53.3 Å². The van der Waals surface area contributed by atoms with Crippen LogP contribution in [0.25, 0.3) is 0 Å². The molecule has 238 valence electrons. The number of hydrogen-bond donors (Lipinski definition) is 3. The van der Waals surface area contributed by atoms with Gasteiger partial charge in [0.1, 0.15) is 18.1 Å². The minimum Gasteiger partial charge on any atom is -0.349 e. The number of hydrogen-bond acceptors (Lipinski definition) is 6. The van der Waals surface area contributed by atoms with E-state index >= 15 is 0 Å². The maximum atomic E-state index is 14.0. The van der Waals surface area contributed by atoms with Gasteiger partial charge >= 0.3 is 0 Å². The quantitative estimate of drug-likeness (QED) is 0.453. The normalized spacial score (nSPS) is 23.9. The SMILES string of the molecule is CCCn1ncc(C(=O)N2CC(=O)N[C@@H](C)C(=O)N3CCC[C@@H]3C(=O)N[C@@H](C(C)C)C(=O)N[C@@H](Cc3ccccc3)C2)c1C. The summed E-state index contributed by atoms with van der Waals surface area (Å²) in [5.74, 6) is -2.33. The van der Waals surface area contributed by atoms with E-state index in [1.54, 1.807) is 11.6 Å². The number of aryl methyl sites for hydroxylation is 1. The van der Waals surface area contributed by atoms with Crippen molar-refractivity contribution in [2.75, 3.05) is 19.6 Å². The molecular weight excluding hydrogens is 562 g/mol. The molecule has 2 saturated heterocycles. The number of benzene rings is 1. The topological polar surface area (TPSA) is 146 Å². The van der Waals surface area contributed by atoms with Crippen molar-refractivity contribution in [1.82, 2.24) is 35.5 Å². The van der Waals surface area contributed by atoms with E-state index < -0.39 is 47.8 Å². The molecule has 0 spiro atoms. The maximum absolute atomic E-state index is 14.0. The van der Waals surface area contributed by atoms with Crippen molar-refractivity contribution in [2.45, 2.75) is 91.0 Å². The number of amides is 5. The Labute approximate surface area is 258 Å². The van der Waals surface area contributed by atoms with Crippen LogP contribution in [0, 0.1) is 12.8 Å². The van der Waals surface area contributed by atoms with Crippen LogP contribution in [0.15, 0.2) is 36.5 Å². The predicted octanol–water partition coefficient (Wildman–Crippen LogP) is 1.42. The van der Waals surface area contributed by atoms with Crippen LogP contribution in [0.1, 0.15) is 68.6 Å². The molecule has 0 saturated carbocycles. The number of carbonyl (C=O) groups excluding carboxylic acids is 5. The fourth-order valence-electron chi connectivity index (χ4n) is 5.96. The van der Waals surface area contributed by atoms with Crippen LogP contribution in [0.4, 0.5) is 0 Å². The van der Waals surface area contributed by atoms with E-state index in [4.69, 9.17) is 0 Å². The molecule has 12 heteroatoms. The minimum atomic E-state index is -0.909. The first-order valence-corrected chi connectivity index (χ1v) is 15.6. The fourth-order valence-corrected chi connectivity index (χ4v) is 5.96. The summed E-state index contributed by atoms with van der Waals surface area (Å²) in [5.41, 5.74) is 1.98. The van der Waals surface area contributed by atoms with Gasteiger partial charge in [0.2, 0.25) is 23.6 Å². The summed E-state index contributed by atoms with van der Waals surface area (Å²) in [5, 5.41) is 13.1. The first-order valence-electron chi connectivity index (χ1n) is 15.6. The molecule has 5 amide bonds. The van der Waals surface area contributed by atoms with E-state index in [9.17, 15) is 24.0 Å². The van der Waals surface area contributed by atoms with Crippen LogP contribution in [0.2, 0.25) is 0 Å². The summed E-state index contributed by atoms with van der Waals surface area (Å²) >= 11 is 0. The molecule has 44 heavy (non-hydrogen) atoms. The third kappa shape index (κ3) is 7.64. The lowest BCUT2D eigenvalue weighted by molar-refractivity contribution is -0.142. The van der Waals surface area contributed by atoms with Crippen LogP contribution < -0.4 is 16.0 Å². The first-order chi connectivity index (χ1) is 21.0. The predicted molar refractivity (Wildman–Crippen MR) is 164 cm³/mol. The Hall–Kier alpha value is -4.22. The number of rotatable bonds is 6. The van der Waals surface area contributed by atoms with Crippen LogP contribution in [0.5, 0.6) is 0 Å². The van der Waals surface area contributed by atoms with E-state index in [2.05, 4.69) is 21.0 Å². The summed E-state index contributed by atoms with van der Waals surface area (Å²) in [7, 11) is 0. The van der Waals surface area contributed by atoms with Gasteiger partial charge in [0.15, 0.2) is 0 Å². The van der Waals surface area contributed by atoms with Gasteiger partial charge in [-0.3, -0.25) is 28.7 Å². The van der Waals surface area contributed by atoms with Gasteiger partial charge in [-0.15, -0.1) is 0 Å². The first kappa shape index (κ1) is 32.7. The Morgan fingerprint density at radius 3 is 2.45 bits per heavy atom. The molecule has 2 aromatic rings. The van der Waals surface area contributed by atoms with Crippen molar-refractivity contribution in [3.63, 3.8) is 0 Å². The maximum Gasteiger partial charge on any atom is 0.257 e. The van der Waals surface area contributed by atoms with Gasteiger partial charge in [0.25, 0.3) is 5.91 Å². The molecule has 2 aliphatic heterocycles. The zero-order valence-corrected chi connectivity index (χ0v) is 26.3. The molecule has 4 rings (SSSR count). The van der Waals surface area contributed by atoms with E-state index in [1.165, 1.54) is 16.0 Å². The van der Waals surface area contributed by atoms with Gasteiger partial charge in [-0.05, 0) is 51.0 Å². The van der Waals surface area contributed by atoms with E-state index in [0.29, 0.717) is 43.6 Å². The highest BCUT2D eigenvalue weighted by Gasteiger charge is 2.39. The fraction of sp³-hybridized carbons (Fsp3) is 0.562. The molecule has 3 N–H and O–H groups in total. The van der Waals surface area contributed by atoms with Crippen LogP contribution >= 0.6 is 0 Å². The largest absolute Gasteiger partial charge is 0.349 e. The lowest BCUT2D eigenvalue weighted by atomic mass is 10.00. The van der Waals surface area contributed by atoms with Gasteiger partial charge in [0, 0.05) is 25.3 Å². The number of nitrogens with one attached hydrogen (secondary N) is 3. The number of aromatic nitrogens is 2. The average molecular weight is 608 g/mol. The van der Waals surface area contributed by atoms with E-state index in [1.807, 2.05) is 58.0 Å². The van der Waals surface area contributed by atoms with Crippen molar-refractivity contribution in [1.29, 1.82) is 0 Å². The van der Waals surface area contributed by atoms with E-state index in [0.717, 1.165) is 12.0 Å². The van der Waals surface area contributed by atoms with Gasteiger partial charge in [0.05, 0.1) is 24.3 Å². The van der Waals surface area contributed by atoms with Gasteiger partial charge in [-0.25, -0.2) is 0 Å². The van der Waals surface area contributed by atoms with Crippen molar-refractivity contribution in [2.24, 2.45) is 5.92 Å². The monoisotopic (exact) mass is 607 g/mol. The molecule has 1 aromatic carbocycles. The Morgan fingerprint density at radius 1 is 1.05 bits per heavy atom. The Balaban J connectivity index is 1.73. The number of carbonyl (C=O) groups is 5.